The van der Waals surface area contributed by atoms with Crippen LogP contribution < -0.4 is 16.4 Å². The molecule has 1 aromatic heterocycles. The van der Waals surface area contributed by atoms with Gasteiger partial charge in [-0.05, 0) is 37.6 Å². The standard InChI is InChI=1S/C14H17N3O3/c1-2-14(5-6-15-8-14)12(18)16-9-3-4-11-10(7-9)17-13(19)20-11/h3-4,7,15H,2,5-6,8H2,1H3,(H,16,18)(H,17,19). The molecule has 3 N–H and O–H groups in total. The zero-order chi connectivity index (χ0) is 14.2. The molecule has 106 valence electrons. The molecule has 1 unspecified atom stereocenters. The van der Waals surface area contributed by atoms with Crippen molar-refractivity contribution in [2.75, 3.05) is 18.4 Å². The van der Waals surface area contributed by atoms with Crippen LogP contribution in [-0.2, 0) is 4.79 Å². The maximum absolute atomic E-state index is 12.5. The number of anilines is 1. The predicted octanol–water partition coefficient (Wildman–Crippen LogP) is 1.45. The summed E-state index contributed by atoms with van der Waals surface area (Å²) in [6, 6.07) is 5.13. The Balaban J connectivity index is 1.85. The van der Waals surface area contributed by atoms with Gasteiger partial charge >= 0.3 is 5.76 Å². The molecule has 1 aliphatic rings. The summed E-state index contributed by atoms with van der Waals surface area (Å²) in [5.41, 5.74) is 1.40. The fourth-order valence-corrected chi connectivity index (χ4v) is 2.69. The van der Waals surface area contributed by atoms with Crippen molar-refractivity contribution in [3.8, 4) is 0 Å². The van der Waals surface area contributed by atoms with Crippen LogP contribution in [0.25, 0.3) is 11.1 Å². The summed E-state index contributed by atoms with van der Waals surface area (Å²) < 4.78 is 4.93. The Morgan fingerprint density at radius 2 is 2.35 bits per heavy atom. The first-order valence-corrected chi connectivity index (χ1v) is 6.78. The number of fused-ring (bicyclic) bond motifs is 1. The van der Waals surface area contributed by atoms with E-state index in [1.807, 2.05) is 6.92 Å². The molecule has 1 saturated heterocycles. The SMILES string of the molecule is CCC1(C(=O)Nc2ccc3oc(=O)[nH]c3c2)CCNC1. The quantitative estimate of drug-likeness (QED) is 0.791. The summed E-state index contributed by atoms with van der Waals surface area (Å²) in [5.74, 6) is -0.469. The number of oxazole rings is 1. The highest BCUT2D eigenvalue weighted by Crippen LogP contribution is 2.31. The van der Waals surface area contributed by atoms with Gasteiger partial charge in [-0.1, -0.05) is 6.92 Å². The molecule has 0 spiro atoms. The van der Waals surface area contributed by atoms with Crippen LogP contribution in [-0.4, -0.2) is 24.0 Å². The van der Waals surface area contributed by atoms with Gasteiger partial charge in [-0.2, -0.15) is 0 Å². The van der Waals surface area contributed by atoms with Gasteiger partial charge < -0.3 is 15.1 Å². The van der Waals surface area contributed by atoms with Crippen molar-refractivity contribution < 1.29 is 9.21 Å². The predicted molar refractivity (Wildman–Crippen MR) is 75.7 cm³/mol. The molecule has 1 aromatic carbocycles. The Bertz CT molecular complexity index is 695. The molecular formula is C14H17N3O3. The Kier molecular flexibility index (Phi) is 3.10. The number of aromatic nitrogens is 1. The minimum Gasteiger partial charge on any atom is -0.408 e. The molecule has 0 bridgehead atoms. The summed E-state index contributed by atoms with van der Waals surface area (Å²) in [7, 11) is 0. The van der Waals surface area contributed by atoms with Crippen molar-refractivity contribution in [2.45, 2.75) is 19.8 Å². The van der Waals surface area contributed by atoms with E-state index in [9.17, 15) is 9.59 Å². The van der Waals surface area contributed by atoms with Gasteiger partial charge in [0.25, 0.3) is 0 Å². The third-order valence-electron chi connectivity index (χ3n) is 4.08. The molecule has 2 heterocycles. The molecule has 0 aliphatic carbocycles. The lowest BCUT2D eigenvalue weighted by atomic mass is 9.83. The van der Waals surface area contributed by atoms with E-state index in [2.05, 4.69) is 15.6 Å². The summed E-state index contributed by atoms with van der Waals surface area (Å²) in [4.78, 5) is 26.2. The van der Waals surface area contributed by atoms with E-state index in [0.29, 0.717) is 23.3 Å². The van der Waals surface area contributed by atoms with Crippen molar-refractivity contribution in [1.29, 1.82) is 0 Å². The monoisotopic (exact) mass is 275 g/mol. The average molecular weight is 275 g/mol. The summed E-state index contributed by atoms with van der Waals surface area (Å²) >= 11 is 0. The molecule has 2 aromatic rings. The fraction of sp³-hybridized carbons (Fsp3) is 0.429. The number of carbonyl (C=O) groups excluding carboxylic acids is 1. The molecule has 0 saturated carbocycles. The first-order chi connectivity index (χ1) is 9.63. The van der Waals surface area contributed by atoms with E-state index < -0.39 is 5.76 Å². The van der Waals surface area contributed by atoms with Crippen LogP contribution in [0.5, 0.6) is 0 Å². The molecule has 1 atom stereocenters. The maximum Gasteiger partial charge on any atom is 0.417 e. The van der Waals surface area contributed by atoms with E-state index in [-0.39, 0.29) is 11.3 Å². The number of H-pyrrole nitrogens is 1. The molecule has 0 radical (unpaired) electrons. The van der Waals surface area contributed by atoms with Crippen LogP contribution in [0, 0.1) is 5.41 Å². The molecule has 3 rings (SSSR count). The van der Waals surface area contributed by atoms with Crippen molar-refractivity contribution >= 4 is 22.7 Å². The topological polar surface area (TPSA) is 87.1 Å². The second kappa shape index (κ2) is 4.79. The number of carbonyl (C=O) groups is 1. The second-order valence-corrected chi connectivity index (χ2v) is 5.24. The Morgan fingerprint density at radius 3 is 3.05 bits per heavy atom. The lowest BCUT2D eigenvalue weighted by molar-refractivity contribution is -0.124. The number of nitrogens with one attached hydrogen (secondary N) is 3. The van der Waals surface area contributed by atoms with Crippen LogP contribution in [0.2, 0.25) is 0 Å². The molecule has 1 amide bonds. The number of amides is 1. The van der Waals surface area contributed by atoms with Crippen molar-refractivity contribution in [1.82, 2.24) is 10.3 Å². The van der Waals surface area contributed by atoms with Gasteiger partial charge in [0.1, 0.15) is 0 Å². The Hall–Kier alpha value is -2.08. The highest BCUT2D eigenvalue weighted by molar-refractivity contribution is 5.97. The Morgan fingerprint density at radius 1 is 1.50 bits per heavy atom. The lowest BCUT2D eigenvalue weighted by Crippen LogP contribution is -2.37. The summed E-state index contributed by atoms with van der Waals surface area (Å²) in [6.07, 6.45) is 1.65. The van der Waals surface area contributed by atoms with E-state index in [4.69, 9.17) is 4.42 Å². The third kappa shape index (κ3) is 2.12. The molecular weight excluding hydrogens is 258 g/mol. The number of benzene rings is 1. The number of rotatable bonds is 3. The number of hydrogen-bond acceptors (Lipinski definition) is 4. The van der Waals surface area contributed by atoms with Crippen molar-refractivity contribution in [2.24, 2.45) is 5.41 Å². The highest BCUT2D eigenvalue weighted by Gasteiger charge is 2.39. The normalized spacial score (nSPS) is 22.2. The third-order valence-corrected chi connectivity index (χ3v) is 4.08. The van der Waals surface area contributed by atoms with E-state index in [0.717, 1.165) is 19.4 Å². The molecule has 1 aliphatic heterocycles. The zero-order valence-corrected chi connectivity index (χ0v) is 11.3. The highest BCUT2D eigenvalue weighted by atomic mass is 16.4. The molecule has 6 heteroatoms. The number of aromatic amines is 1. The van der Waals surface area contributed by atoms with Crippen molar-refractivity contribution in [3.05, 3.63) is 28.7 Å². The number of hydrogen-bond donors (Lipinski definition) is 3. The zero-order valence-electron chi connectivity index (χ0n) is 11.3. The average Bonchev–Trinajstić information content (AvgIpc) is 3.04. The van der Waals surface area contributed by atoms with Gasteiger partial charge in [0.2, 0.25) is 5.91 Å². The van der Waals surface area contributed by atoms with E-state index in [1.54, 1.807) is 18.2 Å². The molecule has 6 nitrogen and oxygen atoms in total. The van der Waals surface area contributed by atoms with E-state index in [1.165, 1.54) is 0 Å². The molecule has 1 fully saturated rings. The fourth-order valence-electron chi connectivity index (χ4n) is 2.69. The van der Waals surface area contributed by atoms with Crippen LogP contribution in [0.3, 0.4) is 0 Å². The van der Waals surface area contributed by atoms with Crippen LogP contribution in [0.4, 0.5) is 5.69 Å². The van der Waals surface area contributed by atoms with Gasteiger partial charge in [-0.25, -0.2) is 4.79 Å². The van der Waals surface area contributed by atoms with Gasteiger partial charge in [0, 0.05) is 12.2 Å². The van der Waals surface area contributed by atoms with Crippen molar-refractivity contribution in [3.63, 3.8) is 0 Å². The van der Waals surface area contributed by atoms with Gasteiger partial charge in [0.05, 0.1) is 10.9 Å². The van der Waals surface area contributed by atoms with Gasteiger partial charge in [-0.3, -0.25) is 9.78 Å². The Labute approximate surface area is 115 Å². The first kappa shape index (κ1) is 12.9. The minimum atomic E-state index is -0.492. The van der Waals surface area contributed by atoms with Gasteiger partial charge in [0.15, 0.2) is 5.58 Å². The van der Waals surface area contributed by atoms with Crippen LogP contribution in [0.1, 0.15) is 19.8 Å². The second-order valence-electron chi connectivity index (χ2n) is 5.24. The van der Waals surface area contributed by atoms with Crippen LogP contribution in [0.15, 0.2) is 27.4 Å². The first-order valence-electron chi connectivity index (χ1n) is 6.78. The van der Waals surface area contributed by atoms with Gasteiger partial charge in [-0.15, -0.1) is 0 Å². The largest absolute Gasteiger partial charge is 0.417 e. The van der Waals surface area contributed by atoms with E-state index >= 15 is 0 Å². The molecule has 20 heavy (non-hydrogen) atoms. The minimum absolute atomic E-state index is 0.0233. The maximum atomic E-state index is 12.5. The smallest absolute Gasteiger partial charge is 0.408 e. The lowest BCUT2D eigenvalue weighted by Gasteiger charge is -2.25. The summed E-state index contributed by atoms with van der Waals surface area (Å²) in [6.45, 7) is 3.61. The van der Waals surface area contributed by atoms with Crippen LogP contribution >= 0.6 is 0 Å². The summed E-state index contributed by atoms with van der Waals surface area (Å²) in [5, 5.41) is 6.17.